The molecule has 0 saturated heterocycles. The van der Waals surface area contributed by atoms with Gasteiger partial charge >= 0.3 is 0 Å². The van der Waals surface area contributed by atoms with Crippen LogP contribution in [0.15, 0.2) is 54.6 Å². The topological polar surface area (TPSA) is 49.4 Å². The van der Waals surface area contributed by atoms with Crippen molar-refractivity contribution in [2.45, 2.75) is 51.4 Å². The first-order valence-corrected chi connectivity index (χ1v) is 11.7. The normalized spacial score (nSPS) is 12.3. The predicted octanol–water partition coefficient (Wildman–Crippen LogP) is 4.95. The van der Waals surface area contributed by atoms with Gasteiger partial charge in [0, 0.05) is 22.9 Å². The molecule has 162 valence electrons. The van der Waals surface area contributed by atoms with E-state index in [4.69, 9.17) is 11.6 Å². The van der Waals surface area contributed by atoms with Crippen LogP contribution in [-0.2, 0) is 21.8 Å². The number of nitrogens with one attached hydrogen (secondary N) is 1. The molecule has 30 heavy (non-hydrogen) atoms. The quantitative estimate of drug-likeness (QED) is 0.593. The van der Waals surface area contributed by atoms with Crippen molar-refractivity contribution in [3.05, 3.63) is 70.7 Å². The number of halogens is 1. The molecule has 0 aliphatic heterocycles. The van der Waals surface area contributed by atoms with Crippen LogP contribution in [0.2, 0.25) is 5.02 Å². The average Bonchev–Trinajstić information content (AvgIpc) is 2.67. The molecular weight excluding hydrogens is 416 g/mol. The van der Waals surface area contributed by atoms with Crippen molar-refractivity contribution in [3.63, 3.8) is 0 Å². The maximum atomic E-state index is 13.0. The second-order valence-electron chi connectivity index (χ2n) is 8.36. The van der Waals surface area contributed by atoms with E-state index in [2.05, 4.69) is 5.32 Å². The number of benzene rings is 2. The monoisotopic (exact) mass is 446 g/mol. The molecule has 0 aromatic heterocycles. The van der Waals surface area contributed by atoms with Gasteiger partial charge in [-0.1, -0.05) is 54.1 Å². The molecule has 0 aliphatic carbocycles. The second-order valence-corrected chi connectivity index (χ2v) is 9.78. The van der Waals surface area contributed by atoms with E-state index in [1.165, 1.54) is 11.8 Å². The van der Waals surface area contributed by atoms with Crippen molar-refractivity contribution in [1.29, 1.82) is 0 Å². The molecule has 0 radical (unpaired) electrons. The summed E-state index contributed by atoms with van der Waals surface area (Å²) >= 11 is 7.57. The Morgan fingerprint density at radius 2 is 1.73 bits per heavy atom. The maximum Gasteiger partial charge on any atom is 0.242 e. The van der Waals surface area contributed by atoms with E-state index < -0.39 is 6.04 Å². The van der Waals surface area contributed by atoms with Crippen LogP contribution in [0, 0.1) is 0 Å². The van der Waals surface area contributed by atoms with Gasteiger partial charge in [0.1, 0.15) is 6.04 Å². The van der Waals surface area contributed by atoms with E-state index >= 15 is 0 Å². The summed E-state index contributed by atoms with van der Waals surface area (Å²) < 4.78 is 0. The van der Waals surface area contributed by atoms with Gasteiger partial charge in [-0.05, 0) is 57.4 Å². The van der Waals surface area contributed by atoms with Crippen LogP contribution in [0.3, 0.4) is 0 Å². The zero-order chi connectivity index (χ0) is 22.1. The zero-order valence-electron chi connectivity index (χ0n) is 18.2. The lowest BCUT2D eigenvalue weighted by Crippen LogP contribution is -2.53. The highest BCUT2D eigenvalue weighted by molar-refractivity contribution is 7.99. The minimum absolute atomic E-state index is 0.0329. The highest BCUT2D eigenvalue weighted by atomic mass is 35.5. The van der Waals surface area contributed by atoms with Crippen LogP contribution < -0.4 is 5.32 Å². The fraction of sp³-hybridized carbons (Fsp3) is 0.417. The first-order valence-electron chi connectivity index (χ1n) is 10.1. The average molecular weight is 447 g/mol. The third-order valence-electron chi connectivity index (χ3n) is 4.53. The molecule has 0 heterocycles. The van der Waals surface area contributed by atoms with Crippen molar-refractivity contribution in [1.82, 2.24) is 10.2 Å². The number of rotatable bonds is 9. The number of thioether (sulfide) groups is 1. The smallest absolute Gasteiger partial charge is 0.242 e. The summed E-state index contributed by atoms with van der Waals surface area (Å²) in [6, 6.07) is 17.1. The van der Waals surface area contributed by atoms with Gasteiger partial charge in [0.2, 0.25) is 11.8 Å². The third-order valence-corrected chi connectivity index (χ3v) is 5.76. The molecule has 0 saturated carbocycles. The first-order chi connectivity index (χ1) is 14.2. The van der Waals surface area contributed by atoms with E-state index in [1.807, 2.05) is 75.4 Å². The minimum atomic E-state index is -0.535. The van der Waals surface area contributed by atoms with Crippen molar-refractivity contribution >= 4 is 35.2 Å². The second kappa shape index (κ2) is 11.4. The van der Waals surface area contributed by atoms with E-state index in [9.17, 15) is 9.59 Å². The Morgan fingerprint density at radius 3 is 2.37 bits per heavy atom. The molecule has 2 amide bonds. The number of nitrogens with zero attached hydrogens (tertiary/aromatic N) is 1. The number of carbonyl (C=O) groups is 2. The zero-order valence-corrected chi connectivity index (χ0v) is 19.7. The SMILES string of the molecule is CC(C(=O)NC(C)(C)C)N(CCc1ccccc1)C(=O)CSCc1cccc(Cl)c1. The standard InChI is InChI=1S/C24H31ClN2O2S/c1-18(23(29)26-24(2,3)4)27(14-13-19-9-6-5-7-10-19)22(28)17-30-16-20-11-8-12-21(25)15-20/h5-12,15,18H,13-14,16-17H2,1-4H3,(H,26,29). The molecule has 0 bridgehead atoms. The molecule has 1 N–H and O–H groups in total. The lowest BCUT2D eigenvalue weighted by atomic mass is 10.1. The lowest BCUT2D eigenvalue weighted by molar-refractivity contribution is -0.138. The number of carbonyl (C=O) groups excluding carboxylic acids is 2. The van der Waals surface area contributed by atoms with Gasteiger partial charge < -0.3 is 10.2 Å². The minimum Gasteiger partial charge on any atom is -0.350 e. The van der Waals surface area contributed by atoms with Crippen molar-refractivity contribution in [2.75, 3.05) is 12.3 Å². The summed E-state index contributed by atoms with van der Waals surface area (Å²) in [6.07, 6.45) is 0.707. The lowest BCUT2D eigenvalue weighted by Gasteiger charge is -2.31. The molecule has 0 spiro atoms. The molecule has 0 fully saturated rings. The summed E-state index contributed by atoms with van der Waals surface area (Å²) in [5.41, 5.74) is 1.88. The van der Waals surface area contributed by atoms with Crippen molar-refractivity contribution in [3.8, 4) is 0 Å². The van der Waals surface area contributed by atoms with E-state index in [0.717, 1.165) is 11.1 Å². The molecule has 1 atom stereocenters. The summed E-state index contributed by atoms with van der Waals surface area (Å²) in [6.45, 7) is 8.11. The van der Waals surface area contributed by atoms with Crippen molar-refractivity contribution < 1.29 is 9.59 Å². The maximum absolute atomic E-state index is 13.0. The van der Waals surface area contributed by atoms with Gasteiger partial charge in [-0.25, -0.2) is 0 Å². The molecule has 0 aliphatic rings. The summed E-state index contributed by atoms with van der Waals surface area (Å²) in [5.74, 6) is 0.841. The Balaban J connectivity index is 2.02. The predicted molar refractivity (Wildman–Crippen MR) is 127 cm³/mol. The van der Waals surface area contributed by atoms with Crippen LogP contribution in [0.5, 0.6) is 0 Å². The van der Waals surface area contributed by atoms with Crippen molar-refractivity contribution in [2.24, 2.45) is 0 Å². The Morgan fingerprint density at radius 1 is 1.07 bits per heavy atom. The van der Waals surface area contributed by atoms with E-state index in [1.54, 1.807) is 11.8 Å². The Hall–Kier alpha value is -1.98. The summed E-state index contributed by atoms with van der Waals surface area (Å²) in [5, 5.41) is 3.68. The van der Waals surface area contributed by atoms with Gasteiger partial charge in [-0.15, -0.1) is 11.8 Å². The first kappa shape index (κ1) is 24.3. The number of amides is 2. The van der Waals surface area contributed by atoms with Crippen LogP contribution in [0.4, 0.5) is 0 Å². The fourth-order valence-electron chi connectivity index (χ4n) is 3.01. The highest BCUT2D eigenvalue weighted by Gasteiger charge is 2.27. The van der Waals surface area contributed by atoms with Gasteiger partial charge in [-0.3, -0.25) is 9.59 Å². The Kier molecular flexibility index (Phi) is 9.25. The van der Waals surface area contributed by atoms with Gasteiger partial charge in [0.05, 0.1) is 5.75 Å². The molecule has 2 aromatic rings. The summed E-state index contributed by atoms with van der Waals surface area (Å²) in [7, 11) is 0. The molecular formula is C24H31ClN2O2S. The van der Waals surface area contributed by atoms with Crippen LogP contribution >= 0.6 is 23.4 Å². The van der Waals surface area contributed by atoms with Gasteiger partial charge in [0.15, 0.2) is 0 Å². The molecule has 2 rings (SSSR count). The third kappa shape index (κ3) is 8.41. The number of hydrogen-bond donors (Lipinski definition) is 1. The number of hydrogen-bond acceptors (Lipinski definition) is 3. The van der Waals surface area contributed by atoms with Gasteiger partial charge in [0.25, 0.3) is 0 Å². The van der Waals surface area contributed by atoms with Crippen LogP contribution in [0.1, 0.15) is 38.8 Å². The Labute approximate surface area is 189 Å². The Bertz CT molecular complexity index is 837. The largest absolute Gasteiger partial charge is 0.350 e. The molecule has 2 aromatic carbocycles. The highest BCUT2D eigenvalue weighted by Crippen LogP contribution is 2.18. The van der Waals surface area contributed by atoms with E-state index in [-0.39, 0.29) is 17.4 Å². The molecule has 6 heteroatoms. The van der Waals surface area contributed by atoms with Crippen LogP contribution in [0.25, 0.3) is 0 Å². The van der Waals surface area contributed by atoms with Crippen LogP contribution in [-0.4, -0.2) is 40.6 Å². The fourth-order valence-corrected chi connectivity index (χ4v) is 4.08. The van der Waals surface area contributed by atoms with Gasteiger partial charge in [-0.2, -0.15) is 0 Å². The molecule has 1 unspecified atom stereocenters. The van der Waals surface area contributed by atoms with E-state index in [0.29, 0.717) is 29.5 Å². The molecule has 4 nitrogen and oxygen atoms in total. The summed E-state index contributed by atoms with van der Waals surface area (Å²) in [4.78, 5) is 27.4.